The topological polar surface area (TPSA) is 40.1 Å². The molecule has 0 bridgehead atoms. The molecule has 0 aromatic carbocycles. The first kappa shape index (κ1) is 9.16. The minimum atomic E-state index is -1.76. The first-order chi connectivity index (χ1) is 2.80. The van der Waals surface area contributed by atoms with Crippen molar-refractivity contribution in [3.63, 3.8) is 0 Å². The first-order valence-electron chi connectivity index (χ1n) is 1.89. The summed E-state index contributed by atoms with van der Waals surface area (Å²) in [7, 11) is 0. The van der Waals surface area contributed by atoms with Crippen LogP contribution in [0.1, 0.15) is 12.8 Å². The molecule has 0 aliphatic heterocycles. The third-order valence-corrected chi connectivity index (χ3v) is 1.81. The Morgan fingerprint density at radius 1 is 1.57 bits per heavy atom. The Morgan fingerprint density at radius 3 is 2.00 bits per heavy atom. The van der Waals surface area contributed by atoms with Crippen LogP contribution in [0.4, 0.5) is 0 Å². The Balaban J connectivity index is 0.000000360. The predicted octanol–water partition coefficient (Wildman–Crippen LogP) is -2.97. The first-order valence-corrected chi connectivity index (χ1v) is 3.02. The average molecular weight is 238 g/mol. The molecule has 0 saturated heterocycles. The van der Waals surface area contributed by atoms with Crippen molar-refractivity contribution in [3.05, 3.63) is 0 Å². The molecule has 0 spiro atoms. The van der Waals surface area contributed by atoms with Crippen molar-refractivity contribution < 1.29 is 77.7 Å². The molecular formula is C3H5CsO2S. The summed E-state index contributed by atoms with van der Waals surface area (Å²) in [4.78, 5) is 0. The standard InChI is InChI=1S/C3H6O2S.Cs/c4-6(5)3-1-2-3;/h3H,1-2H2,(H,4,5);/q;+1/p-1. The summed E-state index contributed by atoms with van der Waals surface area (Å²) in [6.07, 6.45) is 1.77. The molecule has 0 aromatic heterocycles. The van der Waals surface area contributed by atoms with Gasteiger partial charge in [-0.05, 0) is 12.8 Å². The maximum Gasteiger partial charge on any atom is 1.00 e. The van der Waals surface area contributed by atoms with Gasteiger partial charge in [0, 0.05) is 5.25 Å². The molecule has 1 aliphatic rings. The van der Waals surface area contributed by atoms with Gasteiger partial charge in [0.15, 0.2) is 0 Å². The van der Waals surface area contributed by atoms with Crippen LogP contribution < -0.4 is 68.9 Å². The van der Waals surface area contributed by atoms with Crippen molar-refractivity contribution in [2.75, 3.05) is 0 Å². The van der Waals surface area contributed by atoms with Crippen molar-refractivity contribution in [2.45, 2.75) is 18.1 Å². The fourth-order valence-corrected chi connectivity index (χ4v) is 0.781. The Labute approximate surface area is 104 Å². The molecule has 1 fully saturated rings. The molecule has 1 aliphatic carbocycles. The molecule has 1 saturated carbocycles. The second-order valence-electron chi connectivity index (χ2n) is 1.46. The van der Waals surface area contributed by atoms with Gasteiger partial charge in [-0.15, -0.1) is 0 Å². The van der Waals surface area contributed by atoms with Crippen molar-refractivity contribution in [3.8, 4) is 0 Å². The monoisotopic (exact) mass is 238 g/mol. The SMILES string of the molecule is O=S([O-])C1CC1.[Cs+]. The van der Waals surface area contributed by atoms with Crippen molar-refractivity contribution in [1.29, 1.82) is 0 Å². The molecule has 2 nitrogen and oxygen atoms in total. The van der Waals surface area contributed by atoms with Gasteiger partial charge < -0.3 is 4.55 Å². The zero-order valence-corrected chi connectivity index (χ0v) is 11.3. The van der Waals surface area contributed by atoms with Gasteiger partial charge in [0.2, 0.25) is 0 Å². The van der Waals surface area contributed by atoms with Gasteiger partial charge in [0.05, 0.1) is 0 Å². The molecule has 36 valence electrons. The molecule has 4 heteroatoms. The molecule has 0 aromatic rings. The summed E-state index contributed by atoms with van der Waals surface area (Å²) in [6, 6.07) is 0. The van der Waals surface area contributed by atoms with Gasteiger partial charge in [0.1, 0.15) is 0 Å². The van der Waals surface area contributed by atoms with E-state index in [0.29, 0.717) is 0 Å². The van der Waals surface area contributed by atoms with Crippen LogP contribution in [0.5, 0.6) is 0 Å². The Bertz CT molecular complexity index is 81.0. The second-order valence-corrected chi connectivity index (χ2v) is 2.65. The number of hydrogen-bond donors (Lipinski definition) is 0. The number of hydrogen-bond acceptors (Lipinski definition) is 2. The summed E-state index contributed by atoms with van der Waals surface area (Å²) in [5, 5.41) is 0.0185. The number of rotatable bonds is 1. The van der Waals surface area contributed by atoms with E-state index in [-0.39, 0.29) is 74.1 Å². The summed E-state index contributed by atoms with van der Waals surface area (Å²) < 4.78 is 19.5. The van der Waals surface area contributed by atoms with Crippen molar-refractivity contribution in [2.24, 2.45) is 0 Å². The normalized spacial score (nSPS) is 23.0. The van der Waals surface area contributed by atoms with Crippen LogP contribution in [-0.4, -0.2) is 14.0 Å². The van der Waals surface area contributed by atoms with Crippen LogP contribution in [0.2, 0.25) is 0 Å². The van der Waals surface area contributed by atoms with Crippen LogP contribution in [0.15, 0.2) is 0 Å². The quantitative estimate of drug-likeness (QED) is 0.458. The summed E-state index contributed by atoms with van der Waals surface area (Å²) in [5.41, 5.74) is 0. The van der Waals surface area contributed by atoms with Gasteiger partial charge in [-0.3, -0.25) is 4.21 Å². The summed E-state index contributed by atoms with van der Waals surface area (Å²) in [6.45, 7) is 0. The van der Waals surface area contributed by atoms with E-state index in [1.165, 1.54) is 0 Å². The average Bonchev–Trinajstić information content (AvgIpc) is 2.06. The van der Waals surface area contributed by atoms with E-state index < -0.39 is 11.1 Å². The minimum absolute atomic E-state index is 0. The van der Waals surface area contributed by atoms with E-state index in [1.54, 1.807) is 0 Å². The fourth-order valence-electron chi connectivity index (χ4n) is 0.260. The fraction of sp³-hybridized carbons (Fsp3) is 1.00. The molecule has 0 N–H and O–H groups in total. The van der Waals surface area contributed by atoms with Gasteiger partial charge in [-0.1, -0.05) is 11.1 Å². The molecule has 1 unspecified atom stereocenters. The maximum absolute atomic E-state index is 9.76. The second kappa shape index (κ2) is 4.05. The largest absolute Gasteiger partial charge is 1.00 e. The predicted molar refractivity (Wildman–Crippen MR) is 21.9 cm³/mol. The van der Waals surface area contributed by atoms with Gasteiger partial charge in [-0.25, -0.2) is 0 Å². The van der Waals surface area contributed by atoms with E-state index in [0.717, 1.165) is 12.8 Å². The van der Waals surface area contributed by atoms with Crippen LogP contribution in [0, 0.1) is 0 Å². The van der Waals surface area contributed by atoms with Crippen molar-refractivity contribution in [1.82, 2.24) is 0 Å². The Kier molecular flexibility index (Phi) is 5.31. The van der Waals surface area contributed by atoms with Gasteiger partial charge in [0.25, 0.3) is 0 Å². The smallest absolute Gasteiger partial charge is 0.772 e. The molecule has 0 heterocycles. The minimum Gasteiger partial charge on any atom is -0.772 e. The Morgan fingerprint density at radius 2 is 2.00 bits per heavy atom. The molecule has 1 atom stereocenters. The molecule has 1 rings (SSSR count). The van der Waals surface area contributed by atoms with Crippen LogP contribution in [-0.2, 0) is 11.1 Å². The zero-order chi connectivity index (χ0) is 4.57. The molecular weight excluding hydrogens is 233 g/mol. The van der Waals surface area contributed by atoms with E-state index in [2.05, 4.69) is 0 Å². The van der Waals surface area contributed by atoms with Gasteiger partial charge in [-0.2, -0.15) is 0 Å². The van der Waals surface area contributed by atoms with E-state index in [1.807, 2.05) is 0 Å². The van der Waals surface area contributed by atoms with E-state index >= 15 is 0 Å². The van der Waals surface area contributed by atoms with Gasteiger partial charge >= 0.3 is 68.9 Å². The third kappa shape index (κ3) is 3.69. The molecule has 7 heavy (non-hydrogen) atoms. The summed E-state index contributed by atoms with van der Waals surface area (Å²) in [5.74, 6) is 0. The van der Waals surface area contributed by atoms with E-state index in [9.17, 15) is 8.76 Å². The third-order valence-electron chi connectivity index (χ3n) is 0.797. The molecule has 0 radical (unpaired) electrons. The summed E-state index contributed by atoms with van der Waals surface area (Å²) >= 11 is -1.76. The van der Waals surface area contributed by atoms with Crippen LogP contribution in [0.25, 0.3) is 0 Å². The molecule has 0 amide bonds. The maximum atomic E-state index is 9.76. The Hall–Kier alpha value is 2.16. The zero-order valence-electron chi connectivity index (χ0n) is 4.22. The van der Waals surface area contributed by atoms with E-state index in [4.69, 9.17) is 0 Å². The van der Waals surface area contributed by atoms with Crippen LogP contribution in [0.3, 0.4) is 0 Å². The van der Waals surface area contributed by atoms with Crippen LogP contribution >= 0.6 is 0 Å². The van der Waals surface area contributed by atoms with Crippen molar-refractivity contribution >= 4 is 11.1 Å².